The van der Waals surface area contributed by atoms with Crippen molar-refractivity contribution in [1.29, 1.82) is 0 Å². The van der Waals surface area contributed by atoms with Gasteiger partial charge >= 0.3 is 0 Å². The number of hydrogen-bond acceptors (Lipinski definition) is 1. The van der Waals surface area contributed by atoms with E-state index in [9.17, 15) is 0 Å². The summed E-state index contributed by atoms with van der Waals surface area (Å²) in [5, 5.41) is 6.03. The average Bonchev–Trinajstić information content (AvgIpc) is 2.54. The van der Waals surface area contributed by atoms with E-state index in [0.29, 0.717) is 0 Å². The van der Waals surface area contributed by atoms with Crippen molar-refractivity contribution < 1.29 is 0 Å². The maximum Gasteiger partial charge on any atom is 0.0382 e. The number of benzene rings is 3. The number of rotatable bonds is 4. The van der Waals surface area contributed by atoms with Gasteiger partial charge in [-0.25, -0.2) is 0 Å². The van der Waals surface area contributed by atoms with Gasteiger partial charge in [0.1, 0.15) is 0 Å². The Morgan fingerprint density at radius 2 is 1.50 bits per heavy atom. The normalized spacial score (nSPS) is 11.6. The molecule has 0 atom stereocenters. The van der Waals surface area contributed by atoms with Crippen molar-refractivity contribution >= 4 is 16.5 Å². The minimum absolute atomic E-state index is 0.0561. The van der Waals surface area contributed by atoms with Crippen LogP contribution in [0.2, 0.25) is 0 Å². The van der Waals surface area contributed by atoms with Gasteiger partial charge in [0.15, 0.2) is 0 Å². The molecule has 0 heterocycles. The summed E-state index contributed by atoms with van der Waals surface area (Å²) in [7, 11) is 2.01. The Kier molecular flexibility index (Phi) is 3.89. The molecule has 0 aliphatic heterocycles. The monoisotopic (exact) mass is 289 g/mol. The van der Waals surface area contributed by atoms with Gasteiger partial charge in [-0.05, 0) is 39.8 Å². The summed E-state index contributed by atoms with van der Waals surface area (Å²) in [5.41, 5.74) is 4.06. The van der Waals surface area contributed by atoms with Crippen LogP contribution in [-0.4, -0.2) is 7.05 Å². The Balaban J connectivity index is 2.14. The number of hydrogen-bond donors (Lipinski definition) is 1. The van der Waals surface area contributed by atoms with Gasteiger partial charge in [0.05, 0.1) is 0 Å². The van der Waals surface area contributed by atoms with Crippen molar-refractivity contribution in [2.24, 2.45) is 0 Å². The predicted octanol–water partition coefficient (Wildman–Crippen LogP) is 5.40. The predicted molar refractivity (Wildman–Crippen MR) is 96.7 cm³/mol. The zero-order valence-corrected chi connectivity index (χ0v) is 13.6. The highest BCUT2D eigenvalue weighted by molar-refractivity contribution is 5.91. The standard InChI is InChI=1S/C21H23N/c1-21(2,15-16-9-5-4-6-10-16)20-18-12-8-7-11-17(18)13-14-19(20)22-3/h4-14,22H,15H2,1-3H3. The van der Waals surface area contributed by atoms with Crippen molar-refractivity contribution in [3.8, 4) is 0 Å². The van der Waals surface area contributed by atoms with Gasteiger partial charge in [0.25, 0.3) is 0 Å². The maximum absolute atomic E-state index is 3.38. The van der Waals surface area contributed by atoms with E-state index in [1.807, 2.05) is 7.05 Å². The van der Waals surface area contributed by atoms with E-state index in [0.717, 1.165) is 6.42 Å². The Morgan fingerprint density at radius 3 is 2.23 bits per heavy atom. The average molecular weight is 289 g/mol. The first kappa shape index (κ1) is 14.6. The minimum Gasteiger partial charge on any atom is -0.388 e. The molecule has 0 bridgehead atoms. The molecule has 0 aliphatic rings. The molecule has 3 rings (SSSR count). The maximum atomic E-state index is 3.38. The van der Waals surface area contributed by atoms with Crippen LogP contribution in [0.5, 0.6) is 0 Å². The van der Waals surface area contributed by atoms with Crippen LogP contribution < -0.4 is 5.32 Å². The summed E-state index contributed by atoms with van der Waals surface area (Å²) in [6.07, 6.45) is 1.02. The van der Waals surface area contributed by atoms with Gasteiger partial charge in [0.2, 0.25) is 0 Å². The summed E-state index contributed by atoms with van der Waals surface area (Å²) in [6, 6.07) is 23.8. The molecule has 22 heavy (non-hydrogen) atoms. The van der Waals surface area contributed by atoms with Gasteiger partial charge in [-0.2, -0.15) is 0 Å². The first-order chi connectivity index (χ1) is 10.6. The number of anilines is 1. The fourth-order valence-electron chi connectivity index (χ4n) is 3.40. The van der Waals surface area contributed by atoms with Gasteiger partial charge in [0, 0.05) is 12.7 Å². The van der Waals surface area contributed by atoms with Gasteiger partial charge in [-0.1, -0.05) is 74.5 Å². The minimum atomic E-state index is 0.0561. The highest BCUT2D eigenvalue weighted by Crippen LogP contribution is 2.38. The van der Waals surface area contributed by atoms with E-state index in [-0.39, 0.29) is 5.41 Å². The SMILES string of the molecule is CNc1ccc2ccccc2c1C(C)(C)Cc1ccccc1. The smallest absolute Gasteiger partial charge is 0.0382 e. The first-order valence-corrected chi connectivity index (χ1v) is 7.86. The molecule has 0 fully saturated rings. The summed E-state index contributed by atoms with van der Waals surface area (Å²) >= 11 is 0. The van der Waals surface area contributed by atoms with Crippen LogP contribution in [0.1, 0.15) is 25.0 Å². The van der Waals surface area contributed by atoms with E-state index in [2.05, 4.69) is 85.9 Å². The molecule has 0 aromatic heterocycles. The molecule has 1 heteroatoms. The van der Waals surface area contributed by atoms with E-state index in [4.69, 9.17) is 0 Å². The fraction of sp³-hybridized carbons (Fsp3) is 0.238. The molecular weight excluding hydrogens is 266 g/mol. The van der Waals surface area contributed by atoms with Crippen LogP contribution in [-0.2, 0) is 11.8 Å². The number of nitrogens with one attached hydrogen (secondary N) is 1. The van der Waals surface area contributed by atoms with E-state index in [1.165, 1.54) is 27.6 Å². The van der Waals surface area contributed by atoms with Gasteiger partial charge in [-0.3, -0.25) is 0 Å². The molecule has 1 N–H and O–H groups in total. The molecule has 3 aromatic rings. The van der Waals surface area contributed by atoms with Crippen molar-refractivity contribution in [3.05, 3.63) is 77.9 Å². The zero-order chi connectivity index (χ0) is 15.6. The van der Waals surface area contributed by atoms with E-state index in [1.54, 1.807) is 0 Å². The second-order valence-electron chi connectivity index (χ2n) is 6.51. The van der Waals surface area contributed by atoms with E-state index >= 15 is 0 Å². The molecule has 0 unspecified atom stereocenters. The van der Waals surface area contributed by atoms with Crippen LogP contribution >= 0.6 is 0 Å². The first-order valence-electron chi connectivity index (χ1n) is 7.86. The fourth-order valence-corrected chi connectivity index (χ4v) is 3.40. The third-order valence-electron chi connectivity index (χ3n) is 4.36. The van der Waals surface area contributed by atoms with Crippen molar-refractivity contribution in [2.75, 3.05) is 12.4 Å². The van der Waals surface area contributed by atoms with Crippen LogP contribution in [0.15, 0.2) is 66.7 Å². The molecular formula is C21H23N. The zero-order valence-electron chi connectivity index (χ0n) is 13.6. The van der Waals surface area contributed by atoms with Crippen LogP contribution in [0.3, 0.4) is 0 Å². The topological polar surface area (TPSA) is 12.0 Å². The molecule has 1 nitrogen and oxygen atoms in total. The molecule has 3 aromatic carbocycles. The van der Waals surface area contributed by atoms with Crippen LogP contribution in [0, 0.1) is 0 Å². The molecule has 0 saturated heterocycles. The molecule has 0 aliphatic carbocycles. The van der Waals surface area contributed by atoms with Crippen molar-refractivity contribution in [1.82, 2.24) is 0 Å². The Bertz CT molecular complexity index is 772. The Labute approximate surface area is 133 Å². The van der Waals surface area contributed by atoms with Gasteiger partial charge in [-0.15, -0.1) is 0 Å². The third-order valence-corrected chi connectivity index (χ3v) is 4.36. The lowest BCUT2D eigenvalue weighted by molar-refractivity contribution is 0.528. The highest BCUT2D eigenvalue weighted by atomic mass is 14.8. The second kappa shape index (κ2) is 5.84. The van der Waals surface area contributed by atoms with Crippen molar-refractivity contribution in [3.63, 3.8) is 0 Å². The lowest BCUT2D eigenvalue weighted by Gasteiger charge is -2.29. The molecule has 0 saturated carbocycles. The lowest BCUT2D eigenvalue weighted by atomic mass is 9.76. The largest absolute Gasteiger partial charge is 0.388 e. The molecule has 0 radical (unpaired) electrons. The molecule has 0 amide bonds. The van der Waals surface area contributed by atoms with Crippen molar-refractivity contribution in [2.45, 2.75) is 25.7 Å². The Morgan fingerprint density at radius 1 is 0.818 bits per heavy atom. The molecule has 112 valence electrons. The Hall–Kier alpha value is -2.28. The molecule has 0 spiro atoms. The lowest BCUT2D eigenvalue weighted by Crippen LogP contribution is -2.22. The van der Waals surface area contributed by atoms with Crippen LogP contribution in [0.25, 0.3) is 10.8 Å². The third kappa shape index (κ3) is 2.71. The number of fused-ring (bicyclic) bond motifs is 1. The summed E-state index contributed by atoms with van der Waals surface area (Å²) in [6.45, 7) is 4.67. The summed E-state index contributed by atoms with van der Waals surface area (Å²) < 4.78 is 0. The van der Waals surface area contributed by atoms with E-state index < -0.39 is 0 Å². The summed E-state index contributed by atoms with van der Waals surface area (Å²) in [4.78, 5) is 0. The van der Waals surface area contributed by atoms with Gasteiger partial charge < -0.3 is 5.32 Å². The quantitative estimate of drug-likeness (QED) is 0.678. The highest BCUT2D eigenvalue weighted by Gasteiger charge is 2.26. The van der Waals surface area contributed by atoms with Crippen LogP contribution in [0.4, 0.5) is 5.69 Å². The second-order valence-corrected chi connectivity index (χ2v) is 6.51. The summed E-state index contributed by atoms with van der Waals surface area (Å²) in [5.74, 6) is 0.